The van der Waals surface area contributed by atoms with Gasteiger partial charge in [-0.1, -0.05) is 10.4 Å². The molecule has 3 rings (SSSR count). The maximum Gasteiger partial charge on any atom is 0.416 e. The number of amides is 1. The molecule has 0 spiro atoms. The number of pyridine rings is 1. The molecule has 0 aliphatic carbocycles. The third kappa shape index (κ3) is 6.54. The Morgan fingerprint density at radius 3 is 2.58 bits per heavy atom. The van der Waals surface area contributed by atoms with Gasteiger partial charge in [0.05, 0.1) is 43.9 Å². The van der Waals surface area contributed by atoms with Crippen LogP contribution < -0.4 is 5.32 Å². The van der Waals surface area contributed by atoms with E-state index >= 15 is 0 Å². The molecule has 3 aromatic heterocycles. The first-order chi connectivity index (χ1) is 15.7. The number of nitrogens with one attached hydrogen (secondary N) is 1. The van der Waals surface area contributed by atoms with Crippen molar-refractivity contribution in [1.29, 1.82) is 0 Å². The van der Waals surface area contributed by atoms with Crippen molar-refractivity contribution in [1.82, 2.24) is 40.3 Å². The minimum Gasteiger partial charge on any atom is -0.464 e. The van der Waals surface area contributed by atoms with Crippen LogP contribution in [0.25, 0.3) is 0 Å². The summed E-state index contributed by atoms with van der Waals surface area (Å²) in [6, 6.07) is 1.65. The number of alkyl halides is 4. The molecule has 0 radical (unpaired) electrons. The first-order valence-corrected chi connectivity index (χ1v) is 9.48. The Balaban J connectivity index is 1.48. The summed E-state index contributed by atoms with van der Waals surface area (Å²) in [5.41, 5.74) is -1.000. The van der Waals surface area contributed by atoms with E-state index in [1.807, 2.05) is 0 Å². The van der Waals surface area contributed by atoms with Gasteiger partial charge in [-0.15, -0.1) is 10.2 Å². The highest BCUT2D eigenvalue weighted by Gasteiger charge is 2.30. The van der Waals surface area contributed by atoms with E-state index in [1.165, 1.54) is 24.2 Å². The summed E-state index contributed by atoms with van der Waals surface area (Å²) in [5, 5.41) is 17.0. The van der Waals surface area contributed by atoms with Gasteiger partial charge in [0.25, 0.3) is 5.91 Å². The molecule has 1 amide bonds. The van der Waals surface area contributed by atoms with Crippen LogP contribution in [0.5, 0.6) is 0 Å². The molecule has 11 nitrogen and oxygen atoms in total. The number of nitrogens with zero attached hydrogens (tertiary/aromatic N) is 7. The fourth-order valence-corrected chi connectivity index (χ4v) is 2.68. The predicted molar refractivity (Wildman–Crippen MR) is 101 cm³/mol. The zero-order chi connectivity index (χ0) is 24.0. The van der Waals surface area contributed by atoms with Gasteiger partial charge in [-0.05, 0) is 12.1 Å². The number of ether oxygens (including phenoxy) is 1. The van der Waals surface area contributed by atoms with Gasteiger partial charge in [0.15, 0.2) is 11.4 Å². The Hall–Kier alpha value is -3.91. The Morgan fingerprint density at radius 2 is 1.85 bits per heavy atom. The number of methoxy groups -OCH3 is 1. The molecule has 0 aliphatic rings. The molecule has 176 valence electrons. The number of esters is 1. The molecule has 0 saturated heterocycles. The molecule has 15 heteroatoms. The molecule has 3 aromatic rings. The first-order valence-electron chi connectivity index (χ1n) is 9.48. The molecule has 0 aromatic carbocycles. The van der Waals surface area contributed by atoms with E-state index in [9.17, 15) is 27.2 Å². The standard InChI is InChI=1S/C18H18F4N8O3/c1-33-17(32)15-10-29(27-26-15)5-3-12(19)8-30-9-14(25-28-30)16(31)24-7-13-6-11(2-4-23-13)18(20,21)22/h2,4,6,9-10,12H,3,5,7-8H2,1H3,(H,24,31). The second kappa shape index (κ2) is 10.1. The monoisotopic (exact) mass is 470 g/mol. The lowest BCUT2D eigenvalue weighted by Gasteiger charge is -2.08. The molecular formula is C18H18F4N8O3. The van der Waals surface area contributed by atoms with Crippen LogP contribution in [0.3, 0.4) is 0 Å². The molecule has 33 heavy (non-hydrogen) atoms. The van der Waals surface area contributed by atoms with Crippen molar-refractivity contribution in [2.75, 3.05) is 7.11 Å². The second-order valence-electron chi connectivity index (χ2n) is 6.79. The molecule has 1 N–H and O–H groups in total. The average molecular weight is 470 g/mol. The van der Waals surface area contributed by atoms with Gasteiger partial charge < -0.3 is 10.1 Å². The summed E-state index contributed by atoms with van der Waals surface area (Å²) in [4.78, 5) is 27.3. The lowest BCUT2D eigenvalue weighted by Crippen LogP contribution is -2.24. The van der Waals surface area contributed by atoms with Crippen molar-refractivity contribution in [3.63, 3.8) is 0 Å². The van der Waals surface area contributed by atoms with E-state index in [1.54, 1.807) is 0 Å². The minimum absolute atomic E-state index is 0.000159. The van der Waals surface area contributed by atoms with E-state index in [0.29, 0.717) is 0 Å². The highest BCUT2D eigenvalue weighted by atomic mass is 19.4. The maximum absolute atomic E-state index is 14.3. The van der Waals surface area contributed by atoms with E-state index in [0.717, 1.165) is 23.0 Å². The molecule has 0 fully saturated rings. The zero-order valence-electron chi connectivity index (χ0n) is 17.2. The van der Waals surface area contributed by atoms with Gasteiger partial charge in [0.1, 0.15) is 6.17 Å². The summed E-state index contributed by atoms with van der Waals surface area (Å²) in [5.74, 6) is -1.36. The fraction of sp³-hybridized carbons (Fsp3) is 0.389. The number of aromatic nitrogens is 7. The fourth-order valence-electron chi connectivity index (χ4n) is 2.68. The van der Waals surface area contributed by atoms with Crippen LogP contribution in [-0.2, 0) is 30.5 Å². The number of aryl methyl sites for hydroxylation is 1. The number of halogens is 4. The van der Waals surface area contributed by atoms with E-state index in [-0.39, 0.29) is 43.1 Å². The molecular weight excluding hydrogens is 452 g/mol. The van der Waals surface area contributed by atoms with E-state index < -0.39 is 29.8 Å². The van der Waals surface area contributed by atoms with Crippen molar-refractivity contribution in [3.8, 4) is 0 Å². The van der Waals surface area contributed by atoms with Crippen LogP contribution in [0.2, 0.25) is 0 Å². The van der Waals surface area contributed by atoms with Crippen molar-refractivity contribution in [2.45, 2.75) is 38.4 Å². The molecule has 3 heterocycles. The Labute approximate surface area is 183 Å². The number of rotatable bonds is 9. The third-order valence-electron chi connectivity index (χ3n) is 4.34. The SMILES string of the molecule is COC(=O)c1cn(CCC(F)Cn2cc(C(=O)NCc3cc(C(F)(F)F)ccn3)nn2)nn1. The van der Waals surface area contributed by atoms with Crippen LogP contribution in [0.4, 0.5) is 17.6 Å². The number of carbonyl (C=O) groups is 2. The van der Waals surface area contributed by atoms with Gasteiger partial charge in [0, 0.05) is 19.2 Å². The zero-order valence-corrected chi connectivity index (χ0v) is 17.2. The molecule has 0 saturated carbocycles. The van der Waals surface area contributed by atoms with E-state index in [2.05, 4.69) is 35.7 Å². The maximum atomic E-state index is 14.3. The van der Waals surface area contributed by atoms with Crippen LogP contribution in [0.15, 0.2) is 30.7 Å². The molecule has 0 bridgehead atoms. The average Bonchev–Trinajstić information content (AvgIpc) is 3.45. The van der Waals surface area contributed by atoms with Crippen LogP contribution in [0.1, 0.15) is 38.7 Å². The van der Waals surface area contributed by atoms with Gasteiger partial charge in [-0.3, -0.25) is 14.5 Å². The van der Waals surface area contributed by atoms with Crippen molar-refractivity contribution >= 4 is 11.9 Å². The predicted octanol–water partition coefficient (Wildman–Crippen LogP) is 1.43. The first kappa shape index (κ1) is 23.7. The van der Waals surface area contributed by atoms with Crippen LogP contribution in [0, 0.1) is 0 Å². The number of carbonyl (C=O) groups excluding carboxylic acids is 2. The Morgan fingerprint density at radius 1 is 1.15 bits per heavy atom. The Bertz CT molecular complexity index is 1110. The number of hydrogen-bond donors (Lipinski definition) is 1. The summed E-state index contributed by atoms with van der Waals surface area (Å²) >= 11 is 0. The molecule has 1 atom stereocenters. The molecule has 0 aliphatic heterocycles. The quantitative estimate of drug-likeness (QED) is 0.367. The van der Waals surface area contributed by atoms with E-state index in [4.69, 9.17) is 0 Å². The molecule has 1 unspecified atom stereocenters. The van der Waals surface area contributed by atoms with Crippen molar-refractivity contribution < 1.29 is 31.9 Å². The van der Waals surface area contributed by atoms with Gasteiger partial charge in [-0.25, -0.2) is 13.9 Å². The van der Waals surface area contributed by atoms with Crippen molar-refractivity contribution in [2.24, 2.45) is 0 Å². The smallest absolute Gasteiger partial charge is 0.416 e. The second-order valence-corrected chi connectivity index (χ2v) is 6.79. The lowest BCUT2D eigenvalue weighted by atomic mass is 10.2. The summed E-state index contributed by atoms with van der Waals surface area (Å²) in [6.07, 6.45) is -2.33. The van der Waals surface area contributed by atoms with Gasteiger partial charge in [-0.2, -0.15) is 13.2 Å². The van der Waals surface area contributed by atoms with Crippen molar-refractivity contribution in [3.05, 3.63) is 53.4 Å². The van der Waals surface area contributed by atoms with Crippen LogP contribution in [-0.4, -0.2) is 60.1 Å². The summed E-state index contributed by atoms with van der Waals surface area (Å²) in [7, 11) is 1.20. The summed E-state index contributed by atoms with van der Waals surface area (Å²) < 4.78 is 59.4. The minimum atomic E-state index is -4.52. The summed E-state index contributed by atoms with van der Waals surface area (Å²) in [6.45, 7) is -0.321. The normalized spacial score (nSPS) is 12.4. The lowest BCUT2D eigenvalue weighted by molar-refractivity contribution is -0.137. The van der Waals surface area contributed by atoms with Crippen LogP contribution >= 0.6 is 0 Å². The van der Waals surface area contributed by atoms with Gasteiger partial charge in [0.2, 0.25) is 0 Å². The highest BCUT2D eigenvalue weighted by Crippen LogP contribution is 2.28. The topological polar surface area (TPSA) is 130 Å². The van der Waals surface area contributed by atoms with Gasteiger partial charge >= 0.3 is 12.1 Å². The Kier molecular flexibility index (Phi) is 7.30. The number of hydrogen-bond acceptors (Lipinski definition) is 8. The third-order valence-corrected chi connectivity index (χ3v) is 4.34. The largest absolute Gasteiger partial charge is 0.464 e. The highest BCUT2D eigenvalue weighted by molar-refractivity contribution is 5.91.